The Kier molecular flexibility index (Phi) is 3.91. The van der Waals surface area contributed by atoms with Gasteiger partial charge in [-0.15, -0.1) is 22.7 Å². The highest BCUT2D eigenvalue weighted by molar-refractivity contribution is 7.20. The molecule has 3 rings (SSSR count). The fourth-order valence-corrected chi connectivity index (χ4v) is 3.57. The number of thiophene rings is 1. The number of rotatable bonds is 3. The summed E-state index contributed by atoms with van der Waals surface area (Å²) in [6.45, 7) is 1.34. The highest BCUT2D eigenvalue weighted by Gasteiger charge is 2.19. The Hall–Kier alpha value is -1.24. The Morgan fingerprint density at radius 3 is 3.11 bits per heavy atom. The topological polar surface area (TPSA) is 42.4 Å². The average Bonchev–Trinajstić information content (AvgIpc) is 3.10. The number of aromatic nitrogens is 1. The van der Waals surface area contributed by atoms with Gasteiger partial charge >= 0.3 is 0 Å². The summed E-state index contributed by atoms with van der Waals surface area (Å²) in [5.74, 6) is 0.00253. The molecule has 0 aliphatic carbocycles. The minimum atomic E-state index is 0.00253. The number of amides is 1. The van der Waals surface area contributed by atoms with Crippen molar-refractivity contribution in [2.45, 2.75) is 19.3 Å². The van der Waals surface area contributed by atoms with Gasteiger partial charge in [-0.05, 0) is 24.3 Å². The number of carbonyl (C=O) groups is 1. The van der Waals surface area contributed by atoms with Gasteiger partial charge in [-0.25, -0.2) is 10.0 Å². The minimum absolute atomic E-state index is 0.00253. The van der Waals surface area contributed by atoms with Crippen molar-refractivity contribution in [3.8, 4) is 9.88 Å². The normalized spacial score (nSPS) is 15.7. The number of thiazole rings is 1. The number of hydrogen-bond donors (Lipinski definition) is 0. The molecule has 1 aliphatic heterocycles. The van der Waals surface area contributed by atoms with Crippen molar-refractivity contribution >= 4 is 28.6 Å². The predicted octanol–water partition coefficient (Wildman–Crippen LogP) is 2.97. The molecule has 3 heterocycles. The Morgan fingerprint density at radius 2 is 2.37 bits per heavy atom. The summed E-state index contributed by atoms with van der Waals surface area (Å²) in [7, 11) is 0. The highest BCUT2D eigenvalue weighted by Crippen LogP contribution is 2.28. The fraction of sp³-hybridized carbons (Fsp3) is 0.385. The second-order valence-electron chi connectivity index (χ2n) is 4.33. The first-order chi connectivity index (χ1) is 9.33. The Balaban J connectivity index is 1.65. The summed E-state index contributed by atoms with van der Waals surface area (Å²) in [6.07, 6.45) is 2.37. The van der Waals surface area contributed by atoms with E-state index in [1.54, 1.807) is 22.7 Å². The lowest BCUT2D eigenvalue weighted by Gasteiger charge is -2.25. The van der Waals surface area contributed by atoms with Crippen LogP contribution in [0.4, 0.5) is 0 Å². The van der Waals surface area contributed by atoms with E-state index in [2.05, 4.69) is 4.98 Å². The lowest BCUT2D eigenvalue weighted by atomic mass is 10.2. The van der Waals surface area contributed by atoms with E-state index in [-0.39, 0.29) is 5.91 Å². The van der Waals surface area contributed by atoms with E-state index in [0.29, 0.717) is 19.6 Å². The standard InChI is InChI=1S/C13H14N2O2S2/c16-12(15-5-1-2-6-17-15)8-10-9-19-13(14-10)11-4-3-7-18-11/h3-4,7,9H,1-2,5-6,8H2. The van der Waals surface area contributed by atoms with Crippen molar-refractivity contribution < 1.29 is 9.63 Å². The van der Waals surface area contributed by atoms with Gasteiger partial charge in [0.25, 0.3) is 5.91 Å². The van der Waals surface area contributed by atoms with Crippen LogP contribution in [0.3, 0.4) is 0 Å². The predicted molar refractivity (Wildman–Crippen MR) is 76.0 cm³/mol. The van der Waals surface area contributed by atoms with Crippen LogP contribution in [-0.2, 0) is 16.1 Å². The van der Waals surface area contributed by atoms with E-state index in [1.807, 2.05) is 22.9 Å². The van der Waals surface area contributed by atoms with Crippen LogP contribution >= 0.6 is 22.7 Å². The molecule has 0 spiro atoms. The van der Waals surface area contributed by atoms with Crippen molar-refractivity contribution in [2.75, 3.05) is 13.2 Å². The first-order valence-corrected chi connectivity index (χ1v) is 8.00. The molecule has 100 valence electrons. The molecular formula is C13H14N2O2S2. The molecule has 0 N–H and O–H groups in total. The van der Waals surface area contributed by atoms with Crippen LogP contribution in [0.25, 0.3) is 9.88 Å². The van der Waals surface area contributed by atoms with E-state index >= 15 is 0 Å². The maximum Gasteiger partial charge on any atom is 0.252 e. The number of carbonyl (C=O) groups excluding carboxylic acids is 1. The number of nitrogens with zero attached hydrogens (tertiary/aromatic N) is 2. The fourth-order valence-electron chi connectivity index (χ4n) is 1.94. The molecule has 6 heteroatoms. The van der Waals surface area contributed by atoms with Crippen LogP contribution in [-0.4, -0.2) is 29.1 Å². The van der Waals surface area contributed by atoms with Crippen LogP contribution in [0.2, 0.25) is 0 Å². The minimum Gasteiger partial charge on any atom is -0.272 e. The maximum absolute atomic E-state index is 12.0. The van der Waals surface area contributed by atoms with Gasteiger partial charge < -0.3 is 0 Å². The number of hydrogen-bond acceptors (Lipinski definition) is 5. The van der Waals surface area contributed by atoms with Gasteiger partial charge in [0.05, 0.1) is 23.6 Å². The molecule has 2 aromatic heterocycles. The van der Waals surface area contributed by atoms with Crippen molar-refractivity contribution in [2.24, 2.45) is 0 Å². The monoisotopic (exact) mass is 294 g/mol. The third-order valence-electron chi connectivity index (χ3n) is 2.90. The quantitative estimate of drug-likeness (QED) is 0.874. The van der Waals surface area contributed by atoms with E-state index in [1.165, 1.54) is 5.06 Å². The molecule has 1 aliphatic rings. The third-order valence-corrected chi connectivity index (χ3v) is 4.83. The summed E-state index contributed by atoms with van der Waals surface area (Å²) >= 11 is 3.25. The SMILES string of the molecule is O=C(Cc1csc(-c2cccs2)n1)N1CCCCO1. The van der Waals surface area contributed by atoms with Gasteiger partial charge in [0.1, 0.15) is 5.01 Å². The van der Waals surface area contributed by atoms with Gasteiger partial charge in [0.15, 0.2) is 0 Å². The van der Waals surface area contributed by atoms with Crippen LogP contribution in [0.1, 0.15) is 18.5 Å². The van der Waals surface area contributed by atoms with Crippen molar-refractivity contribution in [1.29, 1.82) is 0 Å². The Labute approximate surface area is 119 Å². The molecule has 1 fully saturated rings. The van der Waals surface area contributed by atoms with Crippen molar-refractivity contribution in [1.82, 2.24) is 10.0 Å². The molecule has 0 bridgehead atoms. The largest absolute Gasteiger partial charge is 0.272 e. The van der Waals surface area contributed by atoms with E-state index in [4.69, 9.17) is 4.84 Å². The lowest BCUT2D eigenvalue weighted by molar-refractivity contribution is -0.196. The van der Waals surface area contributed by atoms with Crippen LogP contribution in [0, 0.1) is 0 Å². The van der Waals surface area contributed by atoms with Gasteiger partial charge in [-0.2, -0.15) is 0 Å². The molecule has 0 radical (unpaired) electrons. The summed E-state index contributed by atoms with van der Waals surface area (Å²) in [5.41, 5.74) is 0.826. The molecular weight excluding hydrogens is 280 g/mol. The van der Waals surface area contributed by atoms with Gasteiger partial charge in [0, 0.05) is 11.9 Å². The molecule has 1 amide bonds. The van der Waals surface area contributed by atoms with Crippen LogP contribution in [0.5, 0.6) is 0 Å². The first-order valence-electron chi connectivity index (χ1n) is 6.24. The highest BCUT2D eigenvalue weighted by atomic mass is 32.1. The third kappa shape index (κ3) is 3.02. The molecule has 0 saturated carbocycles. The van der Waals surface area contributed by atoms with Crippen molar-refractivity contribution in [3.05, 3.63) is 28.6 Å². The molecule has 19 heavy (non-hydrogen) atoms. The molecule has 0 atom stereocenters. The smallest absolute Gasteiger partial charge is 0.252 e. The number of hydroxylamine groups is 2. The van der Waals surface area contributed by atoms with Crippen LogP contribution < -0.4 is 0 Å². The zero-order valence-electron chi connectivity index (χ0n) is 10.4. The summed E-state index contributed by atoms with van der Waals surface area (Å²) in [4.78, 5) is 23.0. The molecule has 0 unspecified atom stereocenters. The summed E-state index contributed by atoms with van der Waals surface area (Å²) in [6, 6.07) is 4.05. The van der Waals surface area contributed by atoms with Gasteiger partial charge in [-0.3, -0.25) is 9.63 Å². The van der Waals surface area contributed by atoms with Crippen molar-refractivity contribution in [3.63, 3.8) is 0 Å². The zero-order valence-corrected chi connectivity index (χ0v) is 12.0. The Bertz CT molecular complexity index is 545. The maximum atomic E-state index is 12.0. The molecule has 4 nitrogen and oxygen atoms in total. The first kappa shape index (κ1) is 12.8. The average molecular weight is 294 g/mol. The second kappa shape index (κ2) is 5.81. The molecule has 0 aromatic carbocycles. The zero-order chi connectivity index (χ0) is 13.1. The van der Waals surface area contributed by atoms with E-state index < -0.39 is 0 Å². The van der Waals surface area contributed by atoms with Gasteiger partial charge in [-0.1, -0.05) is 6.07 Å². The molecule has 1 saturated heterocycles. The summed E-state index contributed by atoms with van der Waals surface area (Å²) in [5, 5.41) is 6.45. The lowest BCUT2D eigenvalue weighted by Crippen LogP contribution is -2.36. The van der Waals surface area contributed by atoms with E-state index in [9.17, 15) is 4.79 Å². The van der Waals surface area contributed by atoms with E-state index in [0.717, 1.165) is 28.4 Å². The second-order valence-corrected chi connectivity index (χ2v) is 6.14. The molecule has 2 aromatic rings. The van der Waals surface area contributed by atoms with Crippen LogP contribution in [0.15, 0.2) is 22.9 Å². The summed E-state index contributed by atoms with van der Waals surface area (Å²) < 4.78 is 0. The van der Waals surface area contributed by atoms with Gasteiger partial charge in [0.2, 0.25) is 0 Å². The Morgan fingerprint density at radius 1 is 1.42 bits per heavy atom.